The van der Waals surface area contributed by atoms with Crippen LogP contribution in [0.15, 0.2) is 249 Å². The van der Waals surface area contributed by atoms with E-state index in [1.807, 2.05) is 78.9 Å². The van der Waals surface area contributed by atoms with Gasteiger partial charge < -0.3 is 9.47 Å². The molecule has 0 spiro atoms. The first-order valence-electron chi connectivity index (χ1n) is 25.7. The third kappa shape index (κ3) is 7.72. The number of rotatable bonds is 8. The van der Waals surface area contributed by atoms with Crippen LogP contribution in [-0.2, 0) is 6.42 Å². The fraction of sp³-hybridized carbons (Fsp3) is 0.0448. The van der Waals surface area contributed by atoms with Gasteiger partial charge in [0.05, 0.1) is 27.8 Å². The molecule has 0 fully saturated rings. The molecule has 0 radical (unpaired) electrons. The lowest BCUT2D eigenvalue weighted by Crippen LogP contribution is -2.28. The van der Waals surface area contributed by atoms with Crippen LogP contribution in [0.1, 0.15) is 12.5 Å². The van der Waals surface area contributed by atoms with Gasteiger partial charge >= 0.3 is 0 Å². The lowest BCUT2D eigenvalue weighted by Gasteiger charge is -2.33. The molecule has 1 aliphatic heterocycles. The highest BCUT2D eigenvalue weighted by Crippen LogP contribution is 2.44. The van der Waals surface area contributed by atoms with Crippen molar-refractivity contribution >= 4 is 55.0 Å². The molecule has 0 saturated heterocycles. The van der Waals surface area contributed by atoms with Gasteiger partial charge in [-0.25, -0.2) is 19.9 Å². The summed E-state index contributed by atoms with van der Waals surface area (Å²) in [5, 5.41) is 4.43. The Morgan fingerprint density at radius 3 is 1.43 bits per heavy atom. The Labute approximate surface area is 439 Å². The number of allylic oxidation sites excluding steroid dienone is 3. The van der Waals surface area contributed by atoms with Crippen molar-refractivity contribution in [2.24, 2.45) is 0 Å². The zero-order valence-corrected chi connectivity index (χ0v) is 41.5. The summed E-state index contributed by atoms with van der Waals surface area (Å²) < 4.78 is 4.64. The maximum Gasteiger partial charge on any atom is 0.238 e. The lowest BCUT2D eigenvalue weighted by molar-refractivity contribution is 0.858. The third-order valence-electron chi connectivity index (χ3n) is 14.4. The zero-order valence-electron chi connectivity index (χ0n) is 41.5. The monoisotopic (exact) mass is 977 g/mol. The van der Waals surface area contributed by atoms with Crippen LogP contribution in [0.3, 0.4) is 0 Å². The van der Waals surface area contributed by atoms with Crippen molar-refractivity contribution in [3.8, 4) is 68.6 Å². The van der Waals surface area contributed by atoms with Gasteiger partial charge in [0.25, 0.3) is 0 Å². The number of fused-ring (bicyclic) bond motifs is 8. The van der Waals surface area contributed by atoms with Gasteiger partial charge in [0, 0.05) is 66.8 Å². The number of hydrogen-bond acceptors (Lipinski definition) is 7. The van der Waals surface area contributed by atoms with Crippen molar-refractivity contribution < 1.29 is 0 Å². The molecule has 0 bridgehead atoms. The largest absolute Gasteiger partial charge is 0.334 e. The van der Waals surface area contributed by atoms with Crippen molar-refractivity contribution in [3.05, 3.63) is 254 Å². The van der Waals surface area contributed by atoms with E-state index in [0.29, 0.717) is 35.1 Å². The molecule has 360 valence electrons. The van der Waals surface area contributed by atoms with Gasteiger partial charge in [-0.05, 0) is 73.5 Å². The number of anilines is 2. The second-order valence-electron chi connectivity index (χ2n) is 19.1. The van der Waals surface area contributed by atoms with Crippen LogP contribution in [0.25, 0.3) is 112 Å². The van der Waals surface area contributed by atoms with Crippen LogP contribution < -0.4 is 4.90 Å². The first-order valence-corrected chi connectivity index (χ1v) is 25.7. The summed E-state index contributed by atoms with van der Waals surface area (Å²) in [6, 6.07) is 77.9. The van der Waals surface area contributed by atoms with Crippen LogP contribution in [0, 0.1) is 0 Å². The average Bonchev–Trinajstić information content (AvgIpc) is 4.24. The summed E-state index contributed by atoms with van der Waals surface area (Å²) >= 11 is 0. The maximum atomic E-state index is 5.63. The van der Waals surface area contributed by atoms with E-state index in [4.69, 9.17) is 29.9 Å². The van der Waals surface area contributed by atoms with Crippen LogP contribution in [-0.4, -0.2) is 45.1 Å². The minimum Gasteiger partial charge on any atom is -0.334 e. The quantitative estimate of drug-likeness (QED) is 0.150. The number of nitrogens with zero attached hydrogens (tertiary/aromatic N) is 9. The smallest absolute Gasteiger partial charge is 0.238 e. The van der Waals surface area contributed by atoms with E-state index in [1.165, 1.54) is 5.56 Å². The molecule has 14 rings (SSSR count). The third-order valence-corrected chi connectivity index (χ3v) is 14.4. The Hall–Kier alpha value is -10.1. The summed E-state index contributed by atoms with van der Waals surface area (Å²) in [6.45, 7) is 2.24. The second-order valence-corrected chi connectivity index (χ2v) is 19.1. The van der Waals surface area contributed by atoms with Gasteiger partial charge in [0.15, 0.2) is 29.1 Å². The van der Waals surface area contributed by atoms with Crippen LogP contribution in [0.4, 0.5) is 11.4 Å². The highest BCUT2D eigenvalue weighted by atomic mass is 15.2. The molecule has 9 nitrogen and oxygen atoms in total. The molecule has 9 aromatic carbocycles. The highest BCUT2D eigenvalue weighted by molar-refractivity contribution is 6.23. The van der Waals surface area contributed by atoms with Gasteiger partial charge in [-0.2, -0.15) is 9.97 Å². The first kappa shape index (κ1) is 44.6. The second kappa shape index (κ2) is 18.7. The Balaban J connectivity index is 1.01. The van der Waals surface area contributed by atoms with E-state index in [2.05, 4.69) is 191 Å². The molecule has 9 heteroatoms. The molecule has 13 aromatic rings. The fourth-order valence-corrected chi connectivity index (χ4v) is 10.9. The number of para-hydroxylation sites is 4. The molecule has 1 aliphatic rings. The van der Waals surface area contributed by atoms with E-state index < -0.39 is 0 Å². The molecule has 4 aromatic heterocycles. The molecule has 0 aliphatic carbocycles. The summed E-state index contributed by atoms with van der Waals surface area (Å²) in [4.78, 5) is 34.0. The molecule has 76 heavy (non-hydrogen) atoms. The number of hydrogen-bond donors (Lipinski definition) is 0. The topological polar surface area (TPSA) is 90.4 Å². The molecule has 5 heterocycles. The summed E-state index contributed by atoms with van der Waals surface area (Å²) in [7, 11) is 0. The Kier molecular flexibility index (Phi) is 11.0. The molecule has 0 saturated carbocycles. The number of benzene rings is 9. The van der Waals surface area contributed by atoms with Crippen molar-refractivity contribution in [2.45, 2.75) is 19.4 Å². The Morgan fingerprint density at radius 2 is 0.842 bits per heavy atom. The summed E-state index contributed by atoms with van der Waals surface area (Å²) in [5.74, 6) is 3.52. The van der Waals surface area contributed by atoms with Gasteiger partial charge in [0.1, 0.15) is 0 Å². The van der Waals surface area contributed by atoms with Gasteiger partial charge in [-0.3, -0.25) is 4.57 Å². The van der Waals surface area contributed by atoms with Crippen molar-refractivity contribution in [2.75, 3.05) is 4.90 Å². The number of aromatic nitrogens is 8. The molecule has 0 N–H and O–H groups in total. The van der Waals surface area contributed by atoms with Crippen molar-refractivity contribution in [1.82, 2.24) is 39.0 Å². The van der Waals surface area contributed by atoms with Gasteiger partial charge in [0.2, 0.25) is 5.95 Å². The van der Waals surface area contributed by atoms with Gasteiger partial charge in [-0.15, -0.1) is 0 Å². The predicted molar refractivity (Wildman–Crippen MR) is 309 cm³/mol. The average molecular weight is 978 g/mol. The minimum atomic E-state index is 0.0114. The van der Waals surface area contributed by atoms with E-state index in [0.717, 1.165) is 94.9 Å². The summed E-state index contributed by atoms with van der Waals surface area (Å²) in [5.41, 5.74) is 12.9. The Morgan fingerprint density at radius 1 is 0.368 bits per heavy atom. The van der Waals surface area contributed by atoms with E-state index in [9.17, 15) is 0 Å². The predicted octanol–water partition coefficient (Wildman–Crippen LogP) is 15.8. The molecular weight excluding hydrogens is 931 g/mol. The maximum absolute atomic E-state index is 5.63. The Bertz CT molecular complexity index is 4320. The van der Waals surface area contributed by atoms with Crippen LogP contribution in [0.2, 0.25) is 0 Å². The van der Waals surface area contributed by atoms with E-state index in [1.54, 1.807) is 0 Å². The van der Waals surface area contributed by atoms with E-state index >= 15 is 0 Å². The standard InChI is InChI=1S/C67H47N9/c1-44-22-7-2-8-23-45-30-21-35-56(59(45)74(44)50-31-15-6-16-32-50)66-71-65(48-28-13-5-14-29-48)72-67(73-66)76-58-37-20-18-34-53(58)55-43-42-54-52-33-17-19-36-57(52)75(60(54)61(55)76)51-40-38-49(39-41-51)64-69-62(46-24-9-3-10-25-46)68-63(70-64)47-26-11-4-12-27-47/h2-22,24-44H,23H2,1H3/b8-2-,22-7-. The molecule has 1 unspecified atom stereocenters. The first-order chi connectivity index (χ1) is 37.6. The highest BCUT2D eigenvalue weighted by Gasteiger charge is 2.27. The lowest BCUT2D eigenvalue weighted by atomic mass is 10.00. The van der Waals surface area contributed by atoms with Crippen LogP contribution >= 0.6 is 0 Å². The zero-order chi connectivity index (χ0) is 50.5. The molecular formula is C67H47N9. The molecule has 1 atom stereocenters. The van der Waals surface area contributed by atoms with Crippen molar-refractivity contribution in [3.63, 3.8) is 0 Å². The SMILES string of the molecule is CC1/C=C\C=C/Cc2cccc(-c3nc(-c4ccccc4)nc(-n4c5ccccc5c5ccc6c7ccccc7n(-c7ccc(-c8nc(-c9ccccc9)nc(-c9ccccc9)n8)cc7)c6c54)n3)c2N1c1ccccc1. The van der Waals surface area contributed by atoms with E-state index in [-0.39, 0.29) is 6.04 Å². The fourth-order valence-electron chi connectivity index (χ4n) is 10.9. The van der Waals surface area contributed by atoms with Crippen molar-refractivity contribution in [1.29, 1.82) is 0 Å². The minimum absolute atomic E-state index is 0.0114. The summed E-state index contributed by atoms with van der Waals surface area (Å²) in [6.07, 6.45) is 9.50. The van der Waals surface area contributed by atoms with Crippen LogP contribution in [0.5, 0.6) is 0 Å². The normalized spacial score (nSPS) is 14.4. The van der Waals surface area contributed by atoms with Gasteiger partial charge in [-0.1, -0.05) is 194 Å². The molecule has 0 amide bonds.